The number of carbonyl (C=O) groups excluding carboxylic acids is 1. The second-order valence-electron chi connectivity index (χ2n) is 3.52. The smallest absolute Gasteiger partial charge is 0.234 e. The maximum absolute atomic E-state index is 11.5. The van der Waals surface area contributed by atoms with Gasteiger partial charge in [-0.15, -0.1) is 0 Å². The van der Waals surface area contributed by atoms with Gasteiger partial charge in [0.05, 0.1) is 16.5 Å². The van der Waals surface area contributed by atoms with E-state index in [1.807, 2.05) is 19.1 Å². The topological polar surface area (TPSA) is 55.1 Å². The third kappa shape index (κ3) is 4.88. The van der Waals surface area contributed by atoms with Crippen LogP contribution in [0.1, 0.15) is 6.92 Å². The lowest BCUT2D eigenvalue weighted by Crippen LogP contribution is -2.20. The van der Waals surface area contributed by atoms with E-state index in [9.17, 15) is 4.79 Å². The van der Waals surface area contributed by atoms with E-state index < -0.39 is 0 Å². The summed E-state index contributed by atoms with van der Waals surface area (Å²) < 4.78 is 0. The fourth-order valence-corrected chi connectivity index (χ4v) is 2.02. The number of nitrogens with one attached hydrogen (secondary N) is 1. The largest absolute Gasteiger partial charge is 0.327 e. The number of hydrogen-bond donors (Lipinski definition) is 2. The van der Waals surface area contributed by atoms with Crippen LogP contribution in [-0.4, -0.2) is 23.5 Å². The Balaban J connectivity index is 2.37. The minimum Gasteiger partial charge on any atom is -0.327 e. The number of para-hydroxylation sites is 1. The van der Waals surface area contributed by atoms with Gasteiger partial charge >= 0.3 is 0 Å². The maximum Gasteiger partial charge on any atom is 0.234 e. The Kier molecular flexibility index (Phi) is 5.66. The van der Waals surface area contributed by atoms with Crippen LogP contribution in [0, 0.1) is 0 Å². The van der Waals surface area contributed by atoms with Gasteiger partial charge in [0, 0.05) is 11.8 Å². The van der Waals surface area contributed by atoms with E-state index in [0.717, 1.165) is 5.75 Å². The average molecular weight is 259 g/mol. The molecule has 0 heterocycles. The second kappa shape index (κ2) is 6.78. The summed E-state index contributed by atoms with van der Waals surface area (Å²) in [5.74, 6) is 1.11. The van der Waals surface area contributed by atoms with Crippen molar-refractivity contribution in [2.75, 3.05) is 16.8 Å². The normalized spacial score (nSPS) is 12.2. The predicted molar refractivity (Wildman–Crippen MR) is 71.1 cm³/mol. The highest BCUT2D eigenvalue weighted by atomic mass is 35.5. The summed E-state index contributed by atoms with van der Waals surface area (Å²) in [6, 6.07) is 7.28. The van der Waals surface area contributed by atoms with Crippen LogP contribution in [0.15, 0.2) is 24.3 Å². The van der Waals surface area contributed by atoms with Crippen LogP contribution >= 0.6 is 23.4 Å². The number of benzene rings is 1. The van der Waals surface area contributed by atoms with Gasteiger partial charge in [-0.25, -0.2) is 0 Å². The van der Waals surface area contributed by atoms with Crippen molar-refractivity contribution < 1.29 is 4.79 Å². The minimum atomic E-state index is -0.0567. The summed E-state index contributed by atoms with van der Waals surface area (Å²) in [5.41, 5.74) is 6.23. The van der Waals surface area contributed by atoms with E-state index >= 15 is 0 Å². The van der Waals surface area contributed by atoms with Gasteiger partial charge in [-0.05, 0) is 19.1 Å². The van der Waals surface area contributed by atoms with E-state index in [-0.39, 0.29) is 11.9 Å². The van der Waals surface area contributed by atoms with Crippen LogP contribution in [0.25, 0.3) is 0 Å². The summed E-state index contributed by atoms with van der Waals surface area (Å²) in [6.07, 6.45) is 0. The number of hydrogen-bond acceptors (Lipinski definition) is 3. The number of thioether (sulfide) groups is 1. The Labute approximate surface area is 105 Å². The molecule has 1 aromatic carbocycles. The molecule has 1 aromatic rings. The van der Waals surface area contributed by atoms with Gasteiger partial charge in [0.25, 0.3) is 0 Å². The first-order valence-corrected chi connectivity index (χ1v) is 6.50. The molecule has 1 rings (SSSR count). The highest BCUT2D eigenvalue weighted by Gasteiger charge is 2.05. The maximum atomic E-state index is 11.5. The van der Waals surface area contributed by atoms with Gasteiger partial charge < -0.3 is 11.1 Å². The molecule has 0 aliphatic heterocycles. The van der Waals surface area contributed by atoms with Crippen molar-refractivity contribution in [1.29, 1.82) is 0 Å². The predicted octanol–water partition coefficient (Wildman–Crippen LogP) is 2.36. The number of halogens is 1. The Hall–Kier alpha value is -0.710. The molecule has 0 saturated heterocycles. The van der Waals surface area contributed by atoms with Gasteiger partial charge in [0.15, 0.2) is 0 Å². The quantitative estimate of drug-likeness (QED) is 0.853. The van der Waals surface area contributed by atoms with Gasteiger partial charge in [-0.1, -0.05) is 23.7 Å². The second-order valence-corrected chi connectivity index (χ2v) is 4.96. The molecule has 1 amide bonds. The summed E-state index contributed by atoms with van der Waals surface area (Å²) in [6.45, 7) is 1.92. The zero-order valence-corrected chi connectivity index (χ0v) is 10.6. The van der Waals surface area contributed by atoms with E-state index in [4.69, 9.17) is 17.3 Å². The van der Waals surface area contributed by atoms with Gasteiger partial charge in [-0.3, -0.25) is 4.79 Å². The Morgan fingerprint density at radius 2 is 2.25 bits per heavy atom. The third-order valence-electron chi connectivity index (χ3n) is 1.76. The highest BCUT2D eigenvalue weighted by molar-refractivity contribution is 8.00. The molecular weight excluding hydrogens is 244 g/mol. The van der Waals surface area contributed by atoms with Gasteiger partial charge in [0.1, 0.15) is 0 Å². The van der Waals surface area contributed by atoms with Crippen LogP contribution < -0.4 is 11.1 Å². The fraction of sp³-hybridized carbons (Fsp3) is 0.364. The molecule has 88 valence electrons. The summed E-state index contributed by atoms with van der Waals surface area (Å²) in [7, 11) is 0. The molecule has 1 atom stereocenters. The number of rotatable bonds is 5. The van der Waals surface area contributed by atoms with Crippen molar-refractivity contribution in [3.8, 4) is 0 Å². The molecule has 16 heavy (non-hydrogen) atoms. The Bertz CT molecular complexity index is 358. The van der Waals surface area contributed by atoms with Crippen molar-refractivity contribution >= 4 is 35.0 Å². The van der Waals surface area contributed by atoms with E-state index in [2.05, 4.69) is 5.32 Å². The lowest BCUT2D eigenvalue weighted by atomic mass is 10.3. The first-order valence-electron chi connectivity index (χ1n) is 4.97. The molecule has 3 nitrogen and oxygen atoms in total. The van der Waals surface area contributed by atoms with Crippen molar-refractivity contribution in [1.82, 2.24) is 0 Å². The monoisotopic (exact) mass is 258 g/mol. The lowest BCUT2D eigenvalue weighted by molar-refractivity contribution is -0.113. The summed E-state index contributed by atoms with van der Waals surface area (Å²) >= 11 is 7.43. The van der Waals surface area contributed by atoms with Crippen molar-refractivity contribution in [3.05, 3.63) is 29.3 Å². The molecule has 3 N–H and O–H groups in total. The SMILES string of the molecule is CC(N)CSCC(=O)Nc1ccccc1Cl. The minimum absolute atomic E-state index is 0.0567. The Morgan fingerprint density at radius 1 is 1.56 bits per heavy atom. The van der Waals surface area contributed by atoms with E-state index in [1.54, 1.807) is 12.1 Å². The molecule has 0 spiro atoms. The van der Waals surface area contributed by atoms with Crippen molar-refractivity contribution in [2.24, 2.45) is 5.73 Å². The number of amides is 1. The van der Waals surface area contributed by atoms with E-state index in [0.29, 0.717) is 16.5 Å². The zero-order valence-electron chi connectivity index (χ0n) is 9.07. The van der Waals surface area contributed by atoms with Crippen LogP contribution in [0.3, 0.4) is 0 Å². The van der Waals surface area contributed by atoms with Gasteiger partial charge in [-0.2, -0.15) is 11.8 Å². The molecule has 0 fully saturated rings. The third-order valence-corrected chi connectivity index (χ3v) is 3.32. The molecule has 0 saturated carbocycles. The molecule has 5 heteroatoms. The first kappa shape index (κ1) is 13.4. The van der Waals surface area contributed by atoms with Crippen LogP contribution in [0.2, 0.25) is 5.02 Å². The summed E-state index contributed by atoms with van der Waals surface area (Å²) in [4.78, 5) is 11.5. The van der Waals surface area contributed by atoms with Gasteiger partial charge in [0.2, 0.25) is 5.91 Å². The standard InChI is InChI=1S/C11H15ClN2OS/c1-8(13)6-16-7-11(15)14-10-5-3-2-4-9(10)12/h2-5,8H,6-7,13H2,1H3,(H,14,15). The fourth-order valence-electron chi connectivity index (χ4n) is 1.09. The average Bonchev–Trinajstić information content (AvgIpc) is 2.21. The number of carbonyl (C=O) groups is 1. The molecule has 0 aliphatic carbocycles. The Morgan fingerprint density at radius 3 is 2.88 bits per heavy atom. The molecule has 1 unspecified atom stereocenters. The molecule has 0 aromatic heterocycles. The molecule has 0 radical (unpaired) electrons. The zero-order chi connectivity index (χ0) is 12.0. The summed E-state index contributed by atoms with van der Waals surface area (Å²) in [5, 5.41) is 3.30. The highest BCUT2D eigenvalue weighted by Crippen LogP contribution is 2.20. The van der Waals surface area contributed by atoms with Crippen molar-refractivity contribution in [2.45, 2.75) is 13.0 Å². The molecule has 0 aliphatic rings. The van der Waals surface area contributed by atoms with Crippen LogP contribution in [0.5, 0.6) is 0 Å². The van der Waals surface area contributed by atoms with Crippen molar-refractivity contribution in [3.63, 3.8) is 0 Å². The van der Waals surface area contributed by atoms with Crippen LogP contribution in [-0.2, 0) is 4.79 Å². The lowest BCUT2D eigenvalue weighted by Gasteiger charge is -2.07. The number of anilines is 1. The molecule has 0 bridgehead atoms. The van der Waals surface area contributed by atoms with Crippen LogP contribution in [0.4, 0.5) is 5.69 Å². The first-order chi connectivity index (χ1) is 7.59. The van der Waals surface area contributed by atoms with E-state index in [1.165, 1.54) is 11.8 Å². The molecular formula is C11H15ClN2OS. The number of nitrogens with two attached hydrogens (primary N) is 1.